The number of nitrogens with zero attached hydrogens (tertiary/aromatic N) is 3. The summed E-state index contributed by atoms with van der Waals surface area (Å²) in [5, 5.41) is 3.02. The second kappa shape index (κ2) is 10.6. The van der Waals surface area contributed by atoms with Crippen LogP contribution in [0.25, 0.3) is 0 Å². The number of alkyl halides is 1. The molecule has 1 aromatic heterocycles. The molecule has 0 spiro atoms. The van der Waals surface area contributed by atoms with Crippen LogP contribution in [-0.2, 0) is 9.53 Å². The molecule has 7 nitrogen and oxygen atoms in total. The first-order valence-electron chi connectivity index (χ1n) is 9.74. The van der Waals surface area contributed by atoms with Gasteiger partial charge in [0.05, 0.1) is 5.33 Å². The maximum absolute atomic E-state index is 12.3. The van der Waals surface area contributed by atoms with Crippen molar-refractivity contribution in [1.29, 1.82) is 0 Å². The molecule has 0 bridgehead atoms. The van der Waals surface area contributed by atoms with Crippen molar-refractivity contribution in [2.24, 2.45) is 5.92 Å². The molecule has 2 heterocycles. The van der Waals surface area contributed by atoms with Crippen molar-refractivity contribution in [3.05, 3.63) is 24.5 Å². The molecule has 156 valence electrons. The first-order chi connectivity index (χ1) is 13.3. The molecule has 28 heavy (non-hydrogen) atoms. The van der Waals surface area contributed by atoms with Gasteiger partial charge in [0.25, 0.3) is 0 Å². The molecule has 2 amide bonds. The van der Waals surface area contributed by atoms with Crippen LogP contribution in [0, 0.1) is 5.92 Å². The zero-order valence-electron chi connectivity index (χ0n) is 17.0. The minimum Gasteiger partial charge on any atom is -0.444 e. The number of ether oxygens (including phenoxy) is 1. The molecule has 1 aliphatic rings. The van der Waals surface area contributed by atoms with Gasteiger partial charge in [-0.1, -0.05) is 15.9 Å². The number of piperidine rings is 1. The van der Waals surface area contributed by atoms with Crippen molar-refractivity contribution in [1.82, 2.24) is 15.2 Å². The van der Waals surface area contributed by atoms with Gasteiger partial charge in [-0.15, -0.1) is 0 Å². The van der Waals surface area contributed by atoms with Gasteiger partial charge in [0.1, 0.15) is 5.60 Å². The topological polar surface area (TPSA) is 74.8 Å². The number of hydrogen-bond acceptors (Lipinski definition) is 5. The van der Waals surface area contributed by atoms with Gasteiger partial charge in [-0.2, -0.15) is 0 Å². The van der Waals surface area contributed by atoms with Crippen LogP contribution in [0.2, 0.25) is 0 Å². The van der Waals surface area contributed by atoms with E-state index in [4.69, 9.17) is 4.74 Å². The van der Waals surface area contributed by atoms with E-state index in [0.717, 1.165) is 25.9 Å². The van der Waals surface area contributed by atoms with Gasteiger partial charge in [-0.05, 0) is 51.7 Å². The molecule has 2 rings (SSSR count). The summed E-state index contributed by atoms with van der Waals surface area (Å²) in [6, 6.07) is 4.06. The summed E-state index contributed by atoms with van der Waals surface area (Å²) in [5.74, 6) is 0.505. The highest BCUT2D eigenvalue weighted by molar-refractivity contribution is 9.09. The Balaban J connectivity index is 1.79. The number of hydrogen-bond donors (Lipinski definition) is 1. The maximum Gasteiger partial charge on any atom is 0.407 e. The molecule has 0 unspecified atom stereocenters. The van der Waals surface area contributed by atoms with Crippen LogP contribution >= 0.6 is 15.9 Å². The van der Waals surface area contributed by atoms with Crippen molar-refractivity contribution in [3.63, 3.8) is 0 Å². The van der Waals surface area contributed by atoms with E-state index in [9.17, 15) is 9.59 Å². The Kier molecular flexibility index (Phi) is 8.54. The van der Waals surface area contributed by atoms with Crippen LogP contribution in [0.4, 0.5) is 10.5 Å². The number of carbonyl (C=O) groups is 2. The first kappa shape index (κ1) is 22.5. The normalized spacial score (nSPS) is 15.2. The molecule has 0 aliphatic carbocycles. The number of amides is 2. The number of anilines is 1. The molecule has 1 aliphatic heterocycles. The van der Waals surface area contributed by atoms with Gasteiger partial charge >= 0.3 is 6.09 Å². The summed E-state index contributed by atoms with van der Waals surface area (Å²) < 4.78 is 5.24. The average Bonchev–Trinajstić information content (AvgIpc) is 2.66. The number of halogens is 1. The Morgan fingerprint density at radius 3 is 2.50 bits per heavy atom. The standard InChI is InChI=1S/C20H31BrN4O3/c1-20(2,3)28-19(27)23-10-13-25(18(26)14-21)15-16-6-11-24(12-7-16)17-4-8-22-9-5-17/h4-5,8-9,16H,6-7,10-15H2,1-3H3,(H,23,27). The summed E-state index contributed by atoms with van der Waals surface area (Å²) in [7, 11) is 0. The van der Waals surface area contributed by atoms with E-state index in [1.165, 1.54) is 5.69 Å². The fourth-order valence-corrected chi connectivity index (χ4v) is 3.60. The lowest BCUT2D eigenvalue weighted by Crippen LogP contribution is -2.44. The van der Waals surface area contributed by atoms with Crippen LogP contribution < -0.4 is 10.2 Å². The fourth-order valence-electron chi connectivity index (χ4n) is 3.25. The second-order valence-electron chi connectivity index (χ2n) is 8.04. The van der Waals surface area contributed by atoms with E-state index in [-0.39, 0.29) is 11.2 Å². The summed E-state index contributed by atoms with van der Waals surface area (Å²) in [6.45, 7) is 8.99. The quantitative estimate of drug-likeness (QED) is 0.640. The molecule has 0 atom stereocenters. The van der Waals surface area contributed by atoms with Gasteiger partial charge < -0.3 is 19.9 Å². The Morgan fingerprint density at radius 2 is 1.93 bits per heavy atom. The maximum atomic E-state index is 12.3. The number of pyridine rings is 1. The van der Waals surface area contributed by atoms with Gasteiger partial charge in [0.2, 0.25) is 5.91 Å². The number of carbonyl (C=O) groups excluding carboxylic acids is 2. The molecule has 1 fully saturated rings. The highest BCUT2D eigenvalue weighted by atomic mass is 79.9. The molecule has 0 radical (unpaired) electrons. The molecule has 8 heteroatoms. The van der Waals surface area contributed by atoms with Crippen LogP contribution in [0.3, 0.4) is 0 Å². The van der Waals surface area contributed by atoms with E-state index in [1.54, 1.807) is 0 Å². The molecule has 0 saturated carbocycles. The van der Waals surface area contributed by atoms with Gasteiger partial charge in [0, 0.05) is 50.8 Å². The van der Waals surface area contributed by atoms with E-state index >= 15 is 0 Å². The number of nitrogens with one attached hydrogen (secondary N) is 1. The van der Waals surface area contributed by atoms with E-state index in [2.05, 4.69) is 31.1 Å². The van der Waals surface area contributed by atoms with Crippen molar-refractivity contribution in [2.45, 2.75) is 39.2 Å². The third-order valence-electron chi connectivity index (χ3n) is 4.64. The predicted molar refractivity (Wildman–Crippen MR) is 114 cm³/mol. The van der Waals surface area contributed by atoms with Crippen molar-refractivity contribution >= 4 is 33.6 Å². The van der Waals surface area contributed by atoms with Crippen LogP contribution in [0.5, 0.6) is 0 Å². The Hall–Kier alpha value is -1.83. The van der Waals surface area contributed by atoms with E-state index < -0.39 is 11.7 Å². The predicted octanol–water partition coefficient (Wildman–Crippen LogP) is 3.05. The molecule has 1 aromatic rings. The van der Waals surface area contributed by atoms with Gasteiger partial charge in [-0.3, -0.25) is 9.78 Å². The molecular weight excluding hydrogens is 424 g/mol. The van der Waals surface area contributed by atoms with Crippen LogP contribution in [0.1, 0.15) is 33.6 Å². The Morgan fingerprint density at radius 1 is 1.29 bits per heavy atom. The van der Waals surface area contributed by atoms with Crippen molar-refractivity contribution in [3.8, 4) is 0 Å². The number of rotatable bonds is 7. The molecule has 1 saturated heterocycles. The van der Waals surface area contributed by atoms with Crippen LogP contribution in [0.15, 0.2) is 24.5 Å². The fraction of sp³-hybridized carbons (Fsp3) is 0.650. The summed E-state index contributed by atoms with van der Waals surface area (Å²) >= 11 is 3.26. The minimum absolute atomic E-state index is 0.0440. The smallest absolute Gasteiger partial charge is 0.407 e. The minimum atomic E-state index is -0.530. The van der Waals surface area contributed by atoms with E-state index in [1.807, 2.05) is 50.2 Å². The monoisotopic (exact) mass is 454 g/mol. The SMILES string of the molecule is CC(C)(C)OC(=O)NCCN(CC1CCN(c2ccncc2)CC1)C(=O)CBr. The number of aromatic nitrogens is 1. The lowest BCUT2D eigenvalue weighted by molar-refractivity contribution is -0.129. The van der Waals surface area contributed by atoms with Crippen LogP contribution in [-0.4, -0.2) is 65.5 Å². The van der Waals surface area contributed by atoms with Gasteiger partial charge in [-0.25, -0.2) is 4.79 Å². The third-order valence-corrected chi connectivity index (χ3v) is 5.12. The third kappa shape index (κ3) is 7.66. The highest BCUT2D eigenvalue weighted by Gasteiger charge is 2.24. The van der Waals surface area contributed by atoms with Crippen molar-refractivity contribution < 1.29 is 14.3 Å². The lowest BCUT2D eigenvalue weighted by Gasteiger charge is -2.36. The zero-order valence-corrected chi connectivity index (χ0v) is 18.6. The molecule has 1 N–H and O–H groups in total. The van der Waals surface area contributed by atoms with Gasteiger partial charge in [0.15, 0.2) is 0 Å². The van der Waals surface area contributed by atoms with Crippen molar-refractivity contribution in [2.75, 3.05) is 43.0 Å². The summed E-state index contributed by atoms with van der Waals surface area (Å²) in [4.78, 5) is 32.3. The zero-order chi connectivity index (χ0) is 20.6. The molecular formula is C20H31BrN4O3. The Labute approximate surface area is 175 Å². The first-order valence-corrected chi connectivity index (χ1v) is 10.9. The van der Waals surface area contributed by atoms with E-state index in [0.29, 0.717) is 25.6 Å². The number of alkyl carbamates (subject to hydrolysis) is 1. The largest absolute Gasteiger partial charge is 0.444 e. The Bertz CT molecular complexity index is 628. The lowest BCUT2D eigenvalue weighted by atomic mass is 9.95. The highest BCUT2D eigenvalue weighted by Crippen LogP contribution is 2.23. The second-order valence-corrected chi connectivity index (χ2v) is 8.60. The summed E-state index contributed by atoms with van der Waals surface area (Å²) in [5.41, 5.74) is 0.668. The summed E-state index contributed by atoms with van der Waals surface area (Å²) in [6.07, 6.45) is 5.25. The molecule has 0 aromatic carbocycles. The average molecular weight is 455 g/mol.